The molecule has 1 aromatic carbocycles. The molecule has 0 aliphatic carbocycles. The Labute approximate surface area is 122 Å². The van der Waals surface area contributed by atoms with E-state index in [1.54, 1.807) is 25.0 Å². The SMILES string of the molecule is COc1ccc(-n2c(N)nc3cc(C)cnc32)cc1OC. The van der Waals surface area contributed by atoms with Crippen molar-refractivity contribution in [2.24, 2.45) is 0 Å². The van der Waals surface area contributed by atoms with Crippen LogP contribution in [0.4, 0.5) is 5.95 Å². The van der Waals surface area contributed by atoms with Crippen LogP contribution in [-0.2, 0) is 0 Å². The number of hydrogen-bond acceptors (Lipinski definition) is 5. The number of anilines is 1. The number of imidazole rings is 1. The highest BCUT2D eigenvalue weighted by Crippen LogP contribution is 2.31. The molecule has 3 rings (SSSR count). The molecule has 21 heavy (non-hydrogen) atoms. The number of aryl methyl sites for hydroxylation is 1. The topological polar surface area (TPSA) is 75.2 Å². The van der Waals surface area contributed by atoms with Gasteiger partial charge in [0.05, 0.1) is 19.9 Å². The first kappa shape index (κ1) is 13.2. The lowest BCUT2D eigenvalue weighted by Crippen LogP contribution is -2.02. The number of nitrogen functional groups attached to an aromatic ring is 1. The second-order valence-corrected chi connectivity index (χ2v) is 4.70. The van der Waals surface area contributed by atoms with E-state index in [4.69, 9.17) is 15.2 Å². The molecule has 0 radical (unpaired) electrons. The molecule has 108 valence electrons. The lowest BCUT2D eigenvalue weighted by atomic mass is 10.2. The molecular formula is C15H16N4O2. The van der Waals surface area contributed by atoms with E-state index in [2.05, 4.69) is 9.97 Å². The van der Waals surface area contributed by atoms with Gasteiger partial charge in [0.1, 0.15) is 5.52 Å². The number of nitrogens with two attached hydrogens (primary N) is 1. The summed E-state index contributed by atoms with van der Waals surface area (Å²) >= 11 is 0. The Kier molecular flexibility index (Phi) is 3.13. The number of hydrogen-bond donors (Lipinski definition) is 1. The fourth-order valence-corrected chi connectivity index (χ4v) is 2.30. The first-order valence-electron chi connectivity index (χ1n) is 6.47. The standard InChI is InChI=1S/C15H16N4O2/c1-9-6-11-14(17-8-9)19(15(16)18-11)10-4-5-12(20-2)13(7-10)21-3/h4-8H,1-3H3,(H2,16,18). The Morgan fingerprint density at radius 3 is 2.57 bits per heavy atom. The number of benzene rings is 1. The number of pyridine rings is 1. The maximum Gasteiger partial charge on any atom is 0.207 e. The zero-order chi connectivity index (χ0) is 15.0. The summed E-state index contributed by atoms with van der Waals surface area (Å²) in [6.45, 7) is 1.97. The first-order chi connectivity index (χ1) is 10.1. The van der Waals surface area contributed by atoms with Crippen LogP contribution in [0.15, 0.2) is 30.5 Å². The second-order valence-electron chi connectivity index (χ2n) is 4.70. The van der Waals surface area contributed by atoms with Crippen LogP contribution in [0.3, 0.4) is 0 Å². The van der Waals surface area contributed by atoms with Crippen LogP contribution in [0.2, 0.25) is 0 Å². The van der Waals surface area contributed by atoms with Crippen molar-refractivity contribution in [2.45, 2.75) is 6.92 Å². The average molecular weight is 284 g/mol. The van der Waals surface area contributed by atoms with Crippen LogP contribution in [-0.4, -0.2) is 28.8 Å². The summed E-state index contributed by atoms with van der Waals surface area (Å²) in [6.07, 6.45) is 1.79. The number of rotatable bonds is 3. The van der Waals surface area contributed by atoms with Gasteiger partial charge < -0.3 is 15.2 Å². The lowest BCUT2D eigenvalue weighted by Gasteiger charge is -2.11. The minimum atomic E-state index is 0.385. The van der Waals surface area contributed by atoms with E-state index in [0.29, 0.717) is 23.1 Å². The molecule has 6 nitrogen and oxygen atoms in total. The predicted molar refractivity (Wildman–Crippen MR) is 81.1 cm³/mol. The molecule has 0 saturated carbocycles. The summed E-state index contributed by atoms with van der Waals surface area (Å²) in [5.74, 6) is 1.67. The Morgan fingerprint density at radius 1 is 1.10 bits per heavy atom. The third kappa shape index (κ3) is 2.14. The first-order valence-corrected chi connectivity index (χ1v) is 6.47. The maximum absolute atomic E-state index is 6.04. The molecule has 0 aliphatic rings. The van der Waals surface area contributed by atoms with Gasteiger partial charge in [-0.2, -0.15) is 0 Å². The highest BCUT2D eigenvalue weighted by molar-refractivity contribution is 5.77. The average Bonchev–Trinajstić information content (AvgIpc) is 2.81. The Bertz CT molecular complexity index is 811. The third-order valence-electron chi connectivity index (χ3n) is 3.29. The normalized spacial score (nSPS) is 10.8. The smallest absolute Gasteiger partial charge is 0.207 e. The van der Waals surface area contributed by atoms with Gasteiger partial charge in [-0.25, -0.2) is 9.97 Å². The molecule has 2 heterocycles. The summed E-state index contributed by atoms with van der Waals surface area (Å²) in [6, 6.07) is 7.52. The minimum absolute atomic E-state index is 0.385. The highest BCUT2D eigenvalue weighted by atomic mass is 16.5. The Hall–Kier alpha value is -2.76. The fraction of sp³-hybridized carbons (Fsp3) is 0.200. The minimum Gasteiger partial charge on any atom is -0.493 e. The molecule has 0 amide bonds. The van der Waals surface area contributed by atoms with Crippen molar-refractivity contribution in [3.8, 4) is 17.2 Å². The summed E-state index contributed by atoms with van der Waals surface area (Å²) in [5, 5.41) is 0. The van der Waals surface area contributed by atoms with E-state index in [0.717, 1.165) is 16.8 Å². The van der Waals surface area contributed by atoms with Crippen LogP contribution in [0.5, 0.6) is 11.5 Å². The maximum atomic E-state index is 6.04. The number of methoxy groups -OCH3 is 2. The fourth-order valence-electron chi connectivity index (χ4n) is 2.30. The van der Waals surface area contributed by atoms with E-state index >= 15 is 0 Å². The summed E-state index contributed by atoms with van der Waals surface area (Å²) in [5.41, 5.74) is 9.38. The molecule has 0 fully saturated rings. The van der Waals surface area contributed by atoms with E-state index in [9.17, 15) is 0 Å². The van der Waals surface area contributed by atoms with E-state index < -0.39 is 0 Å². The molecule has 2 aromatic heterocycles. The highest BCUT2D eigenvalue weighted by Gasteiger charge is 2.13. The van der Waals surface area contributed by atoms with Crippen molar-refractivity contribution in [2.75, 3.05) is 20.0 Å². The second kappa shape index (κ2) is 4.97. The molecule has 0 aliphatic heterocycles. The molecular weight excluding hydrogens is 268 g/mol. The van der Waals surface area contributed by atoms with Gasteiger partial charge in [0, 0.05) is 12.3 Å². The van der Waals surface area contributed by atoms with Crippen LogP contribution in [0, 0.1) is 6.92 Å². The number of aromatic nitrogens is 3. The number of fused-ring (bicyclic) bond motifs is 1. The van der Waals surface area contributed by atoms with Crippen molar-refractivity contribution in [1.29, 1.82) is 0 Å². The number of nitrogens with zero attached hydrogens (tertiary/aromatic N) is 3. The third-order valence-corrected chi connectivity index (χ3v) is 3.29. The van der Waals surface area contributed by atoms with Crippen LogP contribution >= 0.6 is 0 Å². The Morgan fingerprint density at radius 2 is 1.86 bits per heavy atom. The van der Waals surface area contributed by atoms with Gasteiger partial charge in [-0.05, 0) is 30.7 Å². The molecule has 0 atom stereocenters. The Balaban J connectivity index is 2.22. The van der Waals surface area contributed by atoms with Crippen LogP contribution in [0.1, 0.15) is 5.56 Å². The molecule has 2 N–H and O–H groups in total. The predicted octanol–water partition coefficient (Wildman–Crippen LogP) is 2.33. The van der Waals surface area contributed by atoms with E-state index in [1.807, 2.05) is 31.2 Å². The molecule has 0 spiro atoms. The van der Waals surface area contributed by atoms with Gasteiger partial charge >= 0.3 is 0 Å². The van der Waals surface area contributed by atoms with Crippen molar-refractivity contribution in [3.05, 3.63) is 36.0 Å². The number of ether oxygens (including phenoxy) is 2. The van der Waals surface area contributed by atoms with Crippen molar-refractivity contribution < 1.29 is 9.47 Å². The van der Waals surface area contributed by atoms with E-state index in [1.165, 1.54) is 0 Å². The van der Waals surface area contributed by atoms with Gasteiger partial charge in [0.15, 0.2) is 17.1 Å². The van der Waals surface area contributed by atoms with Crippen molar-refractivity contribution >= 4 is 17.1 Å². The lowest BCUT2D eigenvalue weighted by molar-refractivity contribution is 0.355. The monoisotopic (exact) mass is 284 g/mol. The van der Waals surface area contributed by atoms with Crippen molar-refractivity contribution in [3.63, 3.8) is 0 Å². The summed E-state index contributed by atoms with van der Waals surface area (Å²) in [4.78, 5) is 8.78. The molecule has 0 unspecified atom stereocenters. The van der Waals surface area contributed by atoms with Gasteiger partial charge in [0.2, 0.25) is 5.95 Å². The van der Waals surface area contributed by atoms with Gasteiger partial charge in [-0.3, -0.25) is 4.57 Å². The summed E-state index contributed by atoms with van der Waals surface area (Å²) < 4.78 is 12.4. The zero-order valence-electron chi connectivity index (χ0n) is 12.1. The van der Waals surface area contributed by atoms with Crippen LogP contribution in [0.25, 0.3) is 16.9 Å². The quantitative estimate of drug-likeness (QED) is 0.799. The molecule has 0 bridgehead atoms. The summed E-state index contributed by atoms with van der Waals surface area (Å²) in [7, 11) is 3.20. The molecule has 0 saturated heterocycles. The van der Waals surface area contributed by atoms with Gasteiger partial charge in [0.25, 0.3) is 0 Å². The molecule has 3 aromatic rings. The van der Waals surface area contributed by atoms with Gasteiger partial charge in [-0.15, -0.1) is 0 Å². The largest absolute Gasteiger partial charge is 0.493 e. The van der Waals surface area contributed by atoms with E-state index in [-0.39, 0.29) is 0 Å². The van der Waals surface area contributed by atoms with Gasteiger partial charge in [-0.1, -0.05) is 0 Å². The van der Waals surface area contributed by atoms with Crippen molar-refractivity contribution in [1.82, 2.24) is 14.5 Å². The zero-order valence-corrected chi connectivity index (χ0v) is 12.1. The molecule has 6 heteroatoms. The van der Waals surface area contributed by atoms with Crippen LogP contribution < -0.4 is 15.2 Å².